The molecule has 2 aromatic carbocycles. The van der Waals surface area contributed by atoms with Crippen LogP contribution in [0.5, 0.6) is 0 Å². The molecule has 0 radical (unpaired) electrons. The van der Waals surface area contributed by atoms with Crippen molar-refractivity contribution in [3.05, 3.63) is 60.2 Å². The van der Waals surface area contributed by atoms with E-state index in [2.05, 4.69) is 0 Å². The lowest BCUT2D eigenvalue weighted by Gasteiger charge is -2.21. The Balaban J connectivity index is 1.81. The molecule has 1 aliphatic heterocycles. The highest BCUT2D eigenvalue weighted by Gasteiger charge is 2.34. The molecule has 22 heavy (non-hydrogen) atoms. The van der Waals surface area contributed by atoms with Crippen molar-refractivity contribution in [1.82, 2.24) is 4.90 Å². The second-order valence-electron chi connectivity index (χ2n) is 5.44. The zero-order chi connectivity index (χ0) is 15.5. The first-order valence-corrected chi connectivity index (χ1v) is 7.36. The van der Waals surface area contributed by atoms with E-state index in [9.17, 15) is 14.7 Å². The monoisotopic (exact) mass is 295 g/mol. The zero-order valence-electron chi connectivity index (χ0n) is 12.1. The summed E-state index contributed by atoms with van der Waals surface area (Å²) >= 11 is 0. The molecular formula is C18H17NO3. The first-order valence-electron chi connectivity index (χ1n) is 7.36. The predicted octanol–water partition coefficient (Wildman–Crippen LogP) is 3.04. The van der Waals surface area contributed by atoms with Gasteiger partial charge in [-0.3, -0.25) is 4.79 Å². The van der Waals surface area contributed by atoms with Crippen molar-refractivity contribution < 1.29 is 14.7 Å². The van der Waals surface area contributed by atoms with Gasteiger partial charge in [0.2, 0.25) is 0 Å². The van der Waals surface area contributed by atoms with Gasteiger partial charge < -0.3 is 10.0 Å². The minimum Gasteiger partial charge on any atom is -0.480 e. The van der Waals surface area contributed by atoms with Crippen LogP contribution >= 0.6 is 0 Å². The van der Waals surface area contributed by atoms with E-state index in [-0.39, 0.29) is 5.91 Å². The molecule has 2 aromatic rings. The predicted molar refractivity (Wildman–Crippen MR) is 83.6 cm³/mol. The summed E-state index contributed by atoms with van der Waals surface area (Å²) in [6.45, 7) is 0.510. The number of hydrogen-bond acceptors (Lipinski definition) is 2. The van der Waals surface area contributed by atoms with Gasteiger partial charge in [-0.1, -0.05) is 42.5 Å². The Morgan fingerprint density at radius 2 is 1.59 bits per heavy atom. The Bertz CT molecular complexity index is 679. The SMILES string of the molecule is O=C(O)[C@@H]1CCCN1C(=O)c1ccc(-c2ccccc2)cc1. The van der Waals surface area contributed by atoms with E-state index in [0.29, 0.717) is 18.5 Å². The lowest BCUT2D eigenvalue weighted by Crippen LogP contribution is -2.40. The first kappa shape index (κ1) is 14.3. The number of carboxylic acid groups (broad SMARTS) is 1. The van der Waals surface area contributed by atoms with Crippen LogP contribution in [0, 0.1) is 0 Å². The van der Waals surface area contributed by atoms with E-state index in [1.807, 2.05) is 42.5 Å². The van der Waals surface area contributed by atoms with Crippen LogP contribution in [-0.4, -0.2) is 34.5 Å². The van der Waals surface area contributed by atoms with Gasteiger partial charge in [-0.25, -0.2) is 4.79 Å². The van der Waals surface area contributed by atoms with Crippen LogP contribution in [0.25, 0.3) is 11.1 Å². The van der Waals surface area contributed by atoms with Crippen LogP contribution in [0.3, 0.4) is 0 Å². The van der Waals surface area contributed by atoms with Gasteiger partial charge in [0, 0.05) is 12.1 Å². The molecular weight excluding hydrogens is 278 g/mol. The minimum atomic E-state index is -0.924. The summed E-state index contributed by atoms with van der Waals surface area (Å²) in [6, 6.07) is 16.6. The molecule has 0 saturated carbocycles. The van der Waals surface area contributed by atoms with Gasteiger partial charge in [0.05, 0.1) is 0 Å². The number of aliphatic carboxylic acids is 1. The smallest absolute Gasteiger partial charge is 0.326 e. The van der Waals surface area contributed by atoms with Crippen molar-refractivity contribution in [2.24, 2.45) is 0 Å². The quantitative estimate of drug-likeness (QED) is 0.947. The molecule has 1 amide bonds. The maximum absolute atomic E-state index is 12.5. The van der Waals surface area contributed by atoms with Crippen LogP contribution < -0.4 is 0 Å². The van der Waals surface area contributed by atoms with Gasteiger partial charge in [-0.15, -0.1) is 0 Å². The number of carbonyl (C=O) groups excluding carboxylic acids is 1. The molecule has 1 saturated heterocycles. The summed E-state index contributed by atoms with van der Waals surface area (Å²) in [5.41, 5.74) is 2.66. The van der Waals surface area contributed by atoms with E-state index in [4.69, 9.17) is 0 Å². The fourth-order valence-corrected chi connectivity index (χ4v) is 2.87. The fourth-order valence-electron chi connectivity index (χ4n) is 2.87. The Morgan fingerprint density at radius 3 is 2.23 bits per heavy atom. The summed E-state index contributed by atoms with van der Waals surface area (Å²) in [4.78, 5) is 25.1. The van der Waals surface area contributed by atoms with Crippen molar-refractivity contribution in [2.75, 3.05) is 6.54 Å². The largest absolute Gasteiger partial charge is 0.480 e. The first-order chi connectivity index (χ1) is 10.7. The van der Waals surface area contributed by atoms with E-state index in [1.54, 1.807) is 12.1 Å². The second-order valence-corrected chi connectivity index (χ2v) is 5.44. The molecule has 0 unspecified atom stereocenters. The molecule has 1 atom stereocenters. The maximum Gasteiger partial charge on any atom is 0.326 e. The number of amides is 1. The maximum atomic E-state index is 12.5. The summed E-state index contributed by atoms with van der Waals surface area (Å²) in [7, 11) is 0. The van der Waals surface area contributed by atoms with Gasteiger partial charge >= 0.3 is 5.97 Å². The fraction of sp³-hybridized carbons (Fsp3) is 0.222. The molecule has 1 aliphatic rings. The average Bonchev–Trinajstić information content (AvgIpc) is 3.05. The van der Waals surface area contributed by atoms with Gasteiger partial charge in [0.1, 0.15) is 6.04 Å². The van der Waals surface area contributed by atoms with Crippen molar-refractivity contribution in [3.8, 4) is 11.1 Å². The van der Waals surface area contributed by atoms with E-state index in [0.717, 1.165) is 17.5 Å². The molecule has 0 spiro atoms. The molecule has 0 aliphatic carbocycles. The number of nitrogens with zero attached hydrogens (tertiary/aromatic N) is 1. The highest BCUT2D eigenvalue weighted by molar-refractivity contribution is 5.97. The Kier molecular flexibility index (Phi) is 3.92. The second kappa shape index (κ2) is 6.02. The Labute approximate surface area is 129 Å². The Morgan fingerprint density at radius 1 is 0.955 bits per heavy atom. The van der Waals surface area contributed by atoms with Gasteiger partial charge in [-0.05, 0) is 36.1 Å². The van der Waals surface area contributed by atoms with Crippen LogP contribution in [0.4, 0.5) is 0 Å². The number of hydrogen-bond donors (Lipinski definition) is 1. The number of carbonyl (C=O) groups is 2. The van der Waals surface area contributed by atoms with Crippen molar-refractivity contribution in [1.29, 1.82) is 0 Å². The lowest BCUT2D eigenvalue weighted by molar-refractivity contribution is -0.141. The van der Waals surface area contributed by atoms with Gasteiger partial charge in [-0.2, -0.15) is 0 Å². The zero-order valence-corrected chi connectivity index (χ0v) is 12.1. The average molecular weight is 295 g/mol. The van der Waals surface area contributed by atoms with Crippen LogP contribution in [0.1, 0.15) is 23.2 Å². The number of carboxylic acids is 1. The standard InChI is InChI=1S/C18H17NO3/c20-17(19-12-4-7-16(19)18(21)22)15-10-8-14(9-11-15)13-5-2-1-3-6-13/h1-3,5-6,8-11,16H,4,7,12H2,(H,21,22)/t16-/m0/s1. The third-order valence-corrected chi connectivity index (χ3v) is 4.04. The number of benzene rings is 2. The van der Waals surface area contributed by atoms with Gasteiger partial charge in [0.25, 0.3) is 5.91 Å². The Hall–Kier alpha value is -2.62. The lowest BCUT2D eigenvalue weighted by atomic mass is 10.0. The van der Waals surface area contributed by atoms with Crippen molar-refractivity contribution in [3.63, 3.8) is 0 Å². The summed E-state index contributed by atoms with van der Waals surface area (Å²) < 4.78 is 0. The molecule has 4 heteroatoms. The number of rotatable bonds is 3. The third kappa shape index (κ3) is 2.72. The minimum absolute atomic E-state index is 0.204. The van der Waals surface area contributed by atoms with E-state index < -0.39 is 12.0 Å². The molecule has 0 bridgehead atoms. The summed E-state index contributed by atoms with van der Waals surface area (Å²) in [6.07, 6.45) is 1.27. The summed E-state index contributed by atoms with van der Waals surface area (Å²) in [5.74, 6) is -1.13. The van der Waals surface area contributed by atoms with Crippen molar-refractivity contribution >= 4 is 11.9 Å². The third-order valence-electron chi connectivity index (χ3n) is 4.04. The van der Waals surface area contributed by atoms with E-state index >= 15 is 0 Å². The molecule has 0 aromatic heterocycles. The molecule has 3 rings (SSSR count). The van der Waals surface area contributed by atoms with Crippen LogP contribution in [-0.2, 0) is 4.79 Å². The van der Waals surface area contributed by atoms with Crippen LogP contribution in [0.2, 0.25) is 0 Å². The normalized spacial score (nSPS) is 17.5. The highest BCUT2D eigenvalue weighted by Crippen LogP contribution is 2.23. The molecule has 4 nitrogen and oxygen atoms in total. The van der Waals surface area contributed by atoms with Gasteiger partial charge in [0.15, 0.2) is 0 Å². The molecule has 1 heterocycles. The van der Waals surface area contributed by atoms with E-state index in [1.165, 1.54) is 4.90 Å². The van der Waals surface area contributed by atoms with Crippen LogP contribution in [0.15, 0.2) is 54.6 Å². The molecule has 1 N–H and O–H groups in total. The highest BCUT2D eigenvalue weighted by atomic mass is 16.4. The summed E-state index contributed by atoms with van der Waals surface area (Å²) in [5, 5.41) is 9.18. The topological polar surface area (TPSA) is 57.6 Å². The number of likely N-dealkylation sites (tertiary alicyclic amines) is 1. The van der Waals surface area contributed by atoms with Crippen molar-refractivity contribution in [2.45, 2.75) is 18.9 Å². The molecule has 112 valence electrons. The molecule has 1 fully saturated rings.